The van der Waals surface area contributed by atoms with Gasteiger partial charge in [0.1, 0.15) is 0 Å². The fourth-order valence-electron chi connectivity index (χ4n) is 1.43. The van der Waals surface area contributed by atoms with Gasteiger partial charge in [-0.3, -0.25) is 0 Å². The highest BCUT2D eigenvalue weighted by Crippen LogP contribution is 2.29. The van der Waals surface area contributed by atoms with E-state index in [9.17, 15) is 0 Å². The minimum absolute atomic E-state index is 0.394. The highest BCUT2D eigenvalue weighted by atomic mass is 14.2. The first-order valence-corrected chi connectivity index (χ1v) is 5.81. The zero-order chi connectivity index (χ0) is 10.3. The second kappa shape index (κ2) is 6.45. The van der Waals surface area contributed by atoms with Crippen LogP contribution in [0, 0.1) is 18.3 Å². The Kier molecular flexibility index (Phi) is 6.45. The van der Waals surface area contributed by atoms with E-state index in [0.29, 0.717) is 11.3 Å². The van der Waals surface area contributed by atoms with Crippen LogP contribution in [0.2, 0.25) is 0 Å². The van der Waals surface area contributed by atoms with Gasteiger partial charge < -0.3 is 0 Å². The molecule has 0 saturated carbocycles. The Bertz CT molecular complexity index is 108. The average Bonchev–Trinajstić information content (AvgIpc) is 2.02. The van der Waals surface area contributed by atoms with Gasteiger partial charge >= 0.3 is 0 Å². The Hall–Kier alpha value is 0. The Morgan fingerprint density at radius 3 is 2.00 bits per heavy atom. The van der Waals surface area contributed by atoms with E-state index in [1.54, 1.807) is 0 Å². The van der Waals surface area contributed by atoms with Gasteiger partial charge in [-0.05, 0) is 24.7 Å². The van der Waals surface area contributed by atoms with E-state index in [4.69, 9.17) is 0 Å². The molecule has 0 heteroatoms. The van der Waals surface area contributed by atoms with Gasteiger partial charge in [0.05, 0.1) is 0 Å². The average molecular weight is 183 g/mol. The zero-order valence-corrected chi connectivity index (χ0v) is 10.0. The van der Waals surface area contributed by atoms with Gasteiger partial charge in [0, 0.05) is 0 Å². The SMILES string of the molecule is [CH2]C(CCCCCCC)C(C)(C)C. The van der Waals surface area contributed by atoms with Crippen molar-refractivity contribution in [3.8, 4) is 0 Å². The molecule has 0 aliphatic heterocycles. The van der Waals surface area contributed by atoms with Crippen molar-refractivity contribution in [3.63, 3.8) is 0 Å². The summed E-state index contributed by atoms with van der Waals surface area (Å²) in [5.41, 5.74) is 0.394. The minimum Gasteiger partial charge on any atom is -0.0654 e. The molecular formula is C13H27. The summed E-state index contributed by atoms with van der Waals surface area (Å²) in [4.78, 5) is 0. The van der Waals surface area contributed by atoms with Crippen molar-refractivity contribution in [1.29, 1.82) is 0 Å². The Morgan fingerprint density at radius 2 is 1.54 bits per heavy atom. The maximum atomic E-state index is 4.23. The van der Waals surface area contributed by atoms with E-state index in [-0.39, 0.29) is 0 Å². The molecule has 0 spiro atoms. The molecule has 0 aromatic heterocycles. The molecular weight excluding hydrogens is 156 g/mol. The van der Waals surface area contributed by atoms with Crippen LogP contribution in [-0.2, 0) is 0 Å². The van der Waals surface area contributed by atoms with Crippen molar-refractivity contribution in [1.82, 2.24) is 0 Å². The number of hydrogen-bond donors (Lipinski definition) is 0. The minimum atomic E-state index is 0.394. The van der Waals surface area contributed by atoms with E-state index >= 15 is 0 Å². The van der Waals surface area contributed by atoms with Crippen molar-refractivity contribution in [2.45, 2.75) is 66.2 Å². The predicted octanol–water partition coefficient (Wildman–Crippen LogP) is 4.84. The summed E-state index contributed by atoms with van der Waals surface area (Å²) in [6, 6.07) is 0. The molecule has 0 nitrogen and oxygen atoms in total. The molecule has 0 aromatic rings. The molecule has 0 heterocycles. The Balaban J connectivity index is 3.32. The van der Waals surface area contributed by atoms with Crippen LogP contribution in [0.3, 0.4) is 0 Å². The molecule has 0 bridgehead atoms. The molecule has 1 radical (unpaired) electrons. The van der Waals surface area contributed by atoms with Crippen LogP contribution in [0.25, 0.3) is 0 Å². The first-order valence-electron chi connectivity index (χ1n) is 5.81. The van der Waals surface area contributed by atoms with Crippen molar-refractivity contribution < 1.29 is 0 Å². The summed E-state index contributed by atoms with van der Waals surface area (Å²) in [6.45, 7) is 13.4. The summed E-state index contributed by atoms with van der Waals surface area (Å²) < 4.78 is 0. The highest BCUT2D eigenvalue weighted by Gasteiger charge is 2.18. The van der Waals surface area contributed by atoms with E-state index in [1.165, 1.54) is 38.5 Å². The fraction of sp³-hybridized carbons (Fsp3) is 0.923. The molecule has 1 unspecified atom stereocenters. The van der Waals surface area contributed by atoms with Crippen molar-refractivity contribution in [2.24, 2.45) is 11.3 Å². The van der Waals surface area contributed by atoms with Crippen LogP contribution in [0.5, 0.6) is 0 Å². The first kappa shape index (κ1) is 13.0. The quantitative estimate of drug-likeness (QED) is 0.517. The van der Waals surface area contributed by atoms with Gasteiger partial charge in [-0.1, -0.05) is 59.8 Å². The highest BCUT2D eigenvalue weighted by molar-refractivity contribution is 4.75. The van der Waals surface area contributed by atoms with Crippen LogP contribution in [0.1, 0.15) is 66.2 Å². The summed E-state index contributed by atoms with van der Waals surface area (Å²) in [5.74, 6) is 0.620. The zero-order valence-electron chi connectivity index (χ0n) is 10.0. The second-order valence-corrected chi connectivity index (χ2v) is 5.27. The van der Waals surface area contributed by atoms with Gasteiger partial charge in [0.2, 0.25) is 0 Å². The lowest BCUT2D eigenvalue weighted by molar-refractivity contribution is 0.268. The molecule has 0 amide bonds. The molecule has 0 saturated heterocycles. The third kappa shape index (κ3) is 7.10. The van der Waals surface area contributed by atoms with Crippen LogP contribution >= 0.6 is 0 Å². The number of rotatable bonds is 6. The van der Waals surface area contributed by atoms with Gasteiger partial charge in [-0.15, -0.1) is 0 Å². The van der Waals surface area contributed by atoms with Gasteiger partial charge in [0.25, 0.3) is 0 Å². The second-order valence-electron chi connectivity index (χ2n) is 5.27. The fourth-order valence-corrected chi connectivity index (χ4v) is 1.43. The molecule has 0 fully saturated rings. The third-order valence-electron chi connectivity index (χ3n) is 2.88. The summed E-state index contributed by atoms with van der Waals surface area (Å²) in [5, 5.41) is 0. The standard InChI is InChI=1S/C13H27/c1-6-7-8-9-10-11-12(2)13(3,4)5/h12H,2,6-11H2,1,3-5H3. The lowest BCUT2D eigenvalue weighted by Gasteiger charge is -2.27. The molecule has 0 aliphatic carbocycles. The van der Waals surface area contributed by atoms with Crippen molar-refractivity contribution in [2.75, 3.05) is 0 Å². The van der Waals surface area contributed by atoms with E-state index in [2.05, 4.69) is 34.6 Å². The van der Waals surface area contributed by atoms with Crippen LogP contribution in [0.15, 0.2) is 0 Å². The Labute approximate surface area is 85.1 Å². The summed E-state index contributed by atoms with van der Waals surface area (Å²) >= 11 is 0. The number of hydrogen-bond acceptors (Lipinski definition) is 0. The van der Waals surface area contributed by atoms with Crippen LogP contribution in [-0.4, -0.2) is 0 Å². The van der Waals surface area contributed by atoms with Gasteiger partial charge in [-0.2, -0.15) is 0 Å². The van der Waals surface area contributed by atoms with Crippen LogP contribution < -0.4 is 0 Å². The molecule has 0 aromatic carbocycles. The number of unbranched alkanes of at least 4 members (excludes halogenated alkanes) is 4. The van der Waals surface area contributed by atoms with E-state index < -0.39 is 0 Å². The molecule has 13 heavy (non-hydrogen) atoms. The molecule has 1 atom stereocenters. The normalized spacial score (nSPS) is 14.5. The predicted molar refractivity (Wildman–Crippen MR) is 61.7 cm³/mol. The van der Waals surface area contributed by atoms with E-state index in [1.807, 2.05) is 0 Å². The molecule has 0 rings (SSSR count). The largest absolute Gasteiger partial charge is 0.0654 e. The third-order valence-corrected chi connectivity index (χ3v) is 2.88. The van der Waals surface area contributed by atoms with Crippen molar-refractivity contribution >= 4 is 0 Å². The monoisotopic (exact) mass is 183 g/mol. The lowest BCUT2D eigenvalue weighted by atomic mass is 9.79. The van der Waals surface area contributed by atoms with Gasteiger partial charge in [0.15, 0.2) is 0 Å². The Morgan fingerprint density at radius 1 is 1.00 bits per heavy atom. The molecule has 0 N–H and O–H groups in total. The summed E-state index contributed by atoms with van der Waals surface area (Å²) in [6.07, 6.45) is 8.21. The maximum Gasteiger partial charge on any atom is -0.0354 e. The lowest BCUT2D eigenvalue weighted by Crippen LogP contribution is -2.17. The smallest absolute Gasteiger partial charge is 0.0354 e. The maximum absolute atomic E-state index is 4.23. The van der Waals surface area contributed by atoms with Crippen molar-refractivity contribution in [3.05, 3.63) is 6.92 Å². The van der Waals surface area contributed by atoms with Crippen LogP contribution in [0.4, 0.5) is 0 Å². The first-order chi connectivity index (χ1) is 5.98. The molecule has 79 valence electrons. The topological polar surface area (TPSA) is 0 Å². The summed E-state index contributed by atoms with van der Waals surface area (Å²) in [7, 11) is 0. The van der Waals surface area contributed by atoms with E-state index in [0.717, 1.165) is 0 Å². The molecule has 0 aliphatic rings. The van der Waals surface area contributed by atoms with Gasteiger partial charge in [-0.25, -0.2) is 0 Å².